The number of fused-ring (bicyclic) bond motifs is 1. The van der Waals surface area contributed by atoms with Crippen molar-refractivity contribution in [2.45, 2.75) is 13.2 Å². The Kier molecular flexibility index (Phi) is 4.98. The Morgan fingerprint density at radius 2 is 2.04 bits per heavy atom. The van der Waals surface area contributed by atoms with Crippen molar-refractivity contribution in [3.63, 3.8) is 0 Å². The smallest absolute Gasteiger partial charge is 0.387 e. The lowest BCUT2D eigenvalue weighted by atomic mass is 10.2. The summed E-state index contributed by atoms with van der Waals surface area (Å²) in [6, 6.07) is 9.47. The average Bonchev–Trinajstić information content (AvgIpc) is 3.02. The van der Waals surface area contributed by atoms with Gasteiger partial charge >= 0.3 is 12.6 Å². The molecule has 0 saturated heterocycles. The fourth-order valence-electron chi connectivity index (χ4n) is 2.08. The van der Waals surface area contributed by atoms with Crippen LogP contribution in [0.4, 0.5) is 8.78 Å². The van der Waals surface area contributed by atoms with Crippen LogP contribution in [-0.4, -0.2) is 27.5 Å². The normalized spacial score (nSPS) is 11.3. The molecule has 1 aromatic carbocycles. The summed E-state index contributed by atoms with van der Waals surface area (Å²) in [5.41, 5.74) is 1.96. The summed E-state index contributed by atoms with van der Waals surface area (Å²) < 4.78 is 33.4. The summed E-state index contributed by atoms with van der Waals surface area (Å²) in [7, 11) is 0. The Morgan fingerprint density at radius 3 is 2.76 bits per heavy atom. The van der Waals surface area contributed by atoms with E-state index in [1.165, 1.54) is 24.3 Å². The number of pyridine rings is 1. The van der Waals surface area contributed by atoms with E-state index in [1.807, 2.05) is 6.07 Å². The molecule has 0 aliphatic heterocycles. The van der Waals surface area contributed by atoms with Crippen molar-refractivity contribution >= 4 is 23.2 Å². The van der Waals surface area contributed by atoms with Crippen molar-refractivity contribution in [3.8, 4) is 5.75 Å². The second-order valence-electron chi connectivity index (χ2n) is 4.95. The number of esters is 1. The summed E-state index contributed by atoms with van der Waals surface area (Å²) >= 11 is 0. The van der Waals surface area contributed by atoms with Crippen molar-refractivity contribution in [3.05, 3.63) is 60.1 Å². The molecule has 6 nitrogen and oxygen atoms in total. The average molecular weight is 345 g/mol. The molecule has 2 aromatic heterocycles. The SMILES string of the molecule is O=C(/C=C\c1ccc(OC(F)F)cc1)OCc1nc2ncccc2[nH]1. The number of hydrogen-bond acceptors (Lipinski definition) is 5. The second-order valence-corrected chi connectivity index (χ2v) is 4.95. The van der Waals surface area contributed by atoms with E-state index < -0.39 is 12.6 Å². The Labute approximate surface area is 141 Å². The minimum absolute atomic E-state index is 0.0132. The number of rotatable bonds is 6. The molecule has 1 N–H and O–H groups in total. The van der Waals surface area contributed by atoms with Crippen molar-refractivity contribution in [1.82, 2.24) is 15.0 Å². The third-order valence-electron chi connectivity index (χ3n) is 3.17. The molecule has 3 rings (SSSR count). The summed E-state index contributed by atoms with van der Waals surface area (Å²) in [5, 5.41) is 0. The van der Waals surface area contributed by atoms with Crippen LogP contribution in [0.25, 0.3) is 17.2 Å². The molecular formula is C17H13F2N3O3. The number of alkyl halides is 2. The maximum Gasteiger partial charge on any atom is 0.387 e. The molecule has 25 heavy (non-hydrogen) atoms. The summed E-state index contributed by atoms with van der Waals surface area (Å²) in [6.45, 7) is -2.88. The first-order valence-electron chi connectivity index (χ1n) is 7.29. The van der Waals surface area contributed by atoms with Crippen LogP contribution in [-0.2, 0) is 16.1 Å². The first kappa shape index (κ1) is 16.6. The van der Waals surface area contributed by atoms with Gasteiger partial charge < -0.3 is 14.5 Å². The number of imidazole rings is 1. The van der Waals surface area contributed by atoms with Crippen LogP contribution >= 0.6 is 0 Å². The maximum absolute atomic E-state index is 12.1. The summed E-state index contributed by atoms with van der Waals surface area (Å²) in [6.07, 6.45) is 4.37. The van der Waals surface area contributed by atoms with Gasteiger partial charge in [0.1, 0.15) is 18.2 Å². The Morgan fingerprint density at radius 1 is 1.24 bits per heavy atom. The van der Waals surface area contributed by atoms with E-state index >= 15 is 0 Å². The number of nitrogens with one attached hydrogen (secondary N) is 1. The third kappa shape index (κ3) is 4.60. The van der Waals surface area contributed by atoms with Crippen LogP contribution in [0.15, 0.2) is 48.7 Å². The number of halogens is 2. The lowest BCUT2D eigenvalue weighted by Gasteiger charge is -2.03. The van der Waals surface area contributed by atoms with E-state index in [4.69, 9.17) is 4.74 Å². The van der Waals surface area contributed by atoms with Crippen molar-refractivity contribution in [1.29, 1.82) is 0 Å². The van der Waals surface area contributed by atoms with Gasteiger partial charge in [-0.15, -0.1) is 0 Å². The van der Waals surface area contributed by atoms with Gasteiger partial charge in [-0.25, -0.2) is 14.8 Å². The number of H-pyrrole nitrogens is 1. The Balaban J connectivity index is 1.53. The lowest BCUT2D eigenvalue weighted by molar-refractivity contribution is -0.139. The quantitative estimate of drug-likeness (QED) is 0.548. The largest absolute Gasteiger partial charge is 0.454 e. The minimum Gasteiger partial charge on any atom is -0.454 e. The van der Waals surface area contributed by atoms with Crippen molar-refractivity contribution in [2.24, 2.45) is 0 Å². The van der Waals surface area contributed by atoms with Crippen LogP contribution in [0.2, 0.25) is 0 Å². The topological polar surface area (TPSA) is 77.1 Å². The van der Waals surface area contributed by atoms with Gasteiger partial charge in [0, 0.05) is 12.3 Å². The molecule has 0 fully saturated rings. The van der Waals surface area contributed by atoms with Crippen molar-refractivity contribution in [2.75, 3.05) is 0 Å². The minimum atomic E-state index is -2.87. The fraction of sp³-hybridized carbons (Fsp3) is 0.118. The molecule has 3 aromatic rings. The van der Waals surface area contributed by atoms with E-state index in [1.54, 1.807) is 24.4 Å². The van der Waals surface area contributed by atoms with E-state index in [-0.39, 0.29) is 12.4 Å². The van der Waals surface area contributed by atoms with Crippen LogP contribution in [0.3, 0.4) is 0 Å². The van der Waals surface area contributed by atoms with E-state index in [0.29, 0.717) is 17.0 Å². The highest BCUT2D eigenvalue weighted by Crippen LogP contribution is 2.15. The molecule has 0 unspecified atom stereocenters. The zero-order valence-electron chi connectivity index (χ0n) is 12.9. The molecule has 0 saturated carbocycles. The molecule has 0 aliphatic carbocycles. The molecule has 0 bridgehead atoms. The standard InChI is InChI=1S/C17H13F2N3O3/c18-17(19)25-12-6-3-11(4-7-12)5-8-15(23)24-10-14-21-13-2-1-9-20-16(13)22-14/h1-9,17H,10H2,(H,20,21,22)/b8-5-. The second kappa shape index (κ2) is 7.52. The molecule has 0 radical (unpaired) electrons. The molecule has 0 spiro atoms. The van der Waals surface area contributed by atoms with E-state index in [9.17, 15) is 13.6 Å². The number of hydrogen-bond donors (Lipinski definition) is 1. The summed E-state index contributed by atoms with van der Waals surface area (Å²) in [5.74, 6) is -0.0153. The van der Waals surface area contributed by atoms with Crippen LogP contribution < -0.4 is 4.74 Å². The van der Waals surface area contributed by atoms with Crippen LogP contribution in [0.1, 0.15) is 11.4 Å². The van der Waals surface area contributed by atoms with E-state index in [2.05, 4.69) is 19.7 Å². The van der Waals surface area contributed by atoms with Gasteiger partial charge in [-0.3, -0.25) is 0 Å². The van der Waals surface area contributed by atoms with Crippen LogP contribution in [0.5, 0.6) is 5.75 Å². The van der Waals surface area contributed by atoms with Gasteiger partial charge in [-0.05, 0) is 35.9 Å². The first-order chi connectivity index (χ1) is 12.1. The fourth-order valence-corrected chi connectivity index (χ4v) is 2.08. The van der Waals surface area contributed by atoms with Gasteiger partial charge in [0.25, 0.3) is 0 Å². The molecule has 8 heteroatoms. The predicted molar refractivity (Wildman–Crippen MR) is 85.8 cm³/mol. The number of ether oxygens (including phenoxy) is 2. The van der Waals surface area contributed by atoms with Gasteiger partial charge in [-0.2, -0.15) is 8.78 Å². The monoisotopic (exact) mass is 345 g/mol. The number of carbonyl (C=O) groups excluding carboxylic acids is 1. The highest BCUT2D eigenvalue weighted by Gasteiger charge is 2.06. The van der Waals surface area contributed by atoms with E-state index in [0.717, 1.165) is 5.52 Å². The van der Waals surface area contributed by atoms with Gasteiger partial charge in [-0.1, -0.05) is 12.1 Å². The Bertz CT molecular complexity index is 859. The third-order valence-corrected chi connectivity index (χ3v) is 3.17. The molecule has 2 heterocycles. The van der Waals surface area contributed by atoms with Gasteiger partial charge in [0.05, 0.1) is 5.52 Å². The zero-order valence-corrected chi connectivity index (χ0v) is 12.9. The van der Waals surface area contributed by atoms with Gasteiger partial charge in [0.2, 0.25) is 0 Å². The molecule has 128 valence electrons. The zero-order chi connectivity index (χ0) is 17.6. The van der Waals surface area contributed by atoms with Crippen LogP contribution in [0, 0.1) is 0 Å². The predicted octanol–water partition coefficient (Wildman–Crippen LogP) is 3.32. The number of aromatic amines is 1. The maximum atomic E-state index is 12.1. The number of benzene rings is 1. The molecule has 0 amide bonds. The lowest BCUT2D eigenvalue weighted by Crippen LogP contribution is -2.02. The van der Waals surface area contributed by atoms with Gasteiger partial charge in [0.15, 0.2) is 5.65 Å². The summed E-state index contributed by atoms with van der Waals surface area (Å²) in [4.78, 5) is 23.0. The highest BCUT2D eigenvalue weighted by atomic mass is 19.3. The molecule has 0 aliphatic rings. The van der Waals surface area contributed by atoms with Crippen molar-refractivity contribution < 1.29 is 23.0 Å². The number of carbonyl (C=O) groups is 1. The molecule has 0 atom stereocenters. The number of aromatic nitrogens is 3. The number of nitrogens with zero attached hydrogens (tertiary/aromatic N) is 2. The molecular weight excluding hydrogens is 332 g/mol. The first-order valence-corrected chi connectivity index (χ1v) is 7.29. The highest BCUT2D eigenvalue weighted by molar-refractivity contribution is 5.87. The Hall–Kier alpha value is -3.29.